The smallest absolute Gasteiger partial charge is 0.343 e. The maximum atomic E-state index is 12.2. The zero-order chi connectivity index (χ0) is 19.1. The first-order valence-corrected chi connectivity index (χ1v) is 8.93. The van der Waals surface area contributed by atoms with Crippen LogP contribution in [-0.2, 0) is 19.3 Å². The van der Waals surface area contributed by atoms with Crippen LogP contribution >= 0.6 is 0 Å². The first-order valence-electron chi connectivity index (χ1n) is 8.93. The van der Waals surface area contributed by atoms with Crippen molar-refractivity contribution < 1.29 is 9.53 Å². The van der Waals surface area contributed by atoms with Crippen LogP contribution in [0.5, 0.6) is 5.75 Å². The molecule has 0 aliphatic rings. The standard InChI is InChI=1S/C23H20N2O2/c1-2-17-7-10-20(11-8-17)23(26)27-22-14-13-21(25-16-22)12-9-18-3-5-19(15-24)6-4-18/h3-8,10-11,13-14,16H,2,9,12H2,1H3. The molecule has 0 spiro atoms. The molecular weight excluding hydrogens is 336 g/mol. The Kier molecular flexibility index (Phi) is 5.96. The molecule has 0 N–H and O–H groups in total. The molecule has 0 unspecified atom stereocenters. The fourth-order valence-electron chi connectivity index (χ4n) is 2.68. The van der Waals surface area contributed by atoms with Gasteiger partial charge in [-0.05, 0) is 66.8 Å². The van der Waals surface area contributed by atoms with E-state index in [0.29, 0.717) is 16.9 Å². The molecule has 134 valence electrons. The summed E-state index contributed by atoms with van der Waals surface area (Å²) in [6, 6.07) is 20.7. The molecule has 0 atom stereocenters. The second kappa shape index (κ2) is 8.77. The van der Waals surface area contributed by atoms with Crippen LogP contribution in [0.25, 0.3) is 0 Å². The van der Waals surface area contributed by atoms with E-state index in [1.807, 2.05) is 42.5 Å². The van der Waals surface area contributed by atoms with E-state index in [-0.39, 0.29) is 5.97 Å². The predicted molar refractivity (Wildman–Crippen MR) is 104 cm³/mol. The summed E-state index contributed by atoms with van der Waals surface area (Å²) in [5, 5.41) is 8.83. The maximum Gasteiger partial charge on any atom is 0.343 e. The molecule has 1 aromatic heterocycles. The Morgan fingerprint density at radius 2 is 1.67 bits per heavy atom. The minimum absolute atomic E-state index is 0.384. The van der Waals surface area contributed by atoms with Crippen LogP contribution in [0.15, 0.2) is 66.9 Å². The zero-order valence-corrected chi connectivity index (χ0v) is 15.2. The van der Waals surface area contributed by atoms with Crippen molar-refractivity contribution in [2.24, 2.45) is 0 Å². The molecule has 2 aromatic carbocycles. The summed E-state index contributed by atoms with van der Waals surface area (Å²) in [5.41, 5.74) is 4.44. The van der Waals surface area contributed by atoms with Gasteiger partial charge in [-0.15, -0.1) is 0 Å². The molecule has 3 rings (SSSR count). The Labute approximate surface area is 159 Å². The van der Waals surface area contributed by atoms with Gasteiger partial charge in [0.15, 0.2) is 0 Å². The molecule has 0 saturated carbocycles. The molecule has 4 heteroatoms. The zero-order valence-electron chi connectivity index (χ0n) is 15.2. The summed E-state index contributed by atoms with van der Waals surface area (Å²) >= 11 is 0. The molecule has 0 aliphatic heterocycles. The minimum atomic E-state index is -0.384. The largest absolute Gasteiger partial charge is 0.421 e. The molecule has 0 aliphatic carbocycles. The van der Waals surface area contributed by atoms with Crippen molar-refractivity contribution in [2.75, 3.05) is 0 Å². The van der Waals surface area contributed by atoms with E-state index in [0.717, 1.165) is 30.5 Å². The van der Waals surface area contributed by atoms with Gasteiger partial charge in [-0.1, -0.05) is 31.2 Å². The number of hydrogen-bond acceptors (Lipinski definition) is 4. The Bertz CT molecular complexity index is 938. The number of ether oxygens (including phenoxy) is 1. The lowest BCUT2D eigenvalue weighted by atomic mass is 10.1. The van der Waals surface area contributed by atoms with Gasteiger partial charge in [0.1, 0.15) is 5.75 Å². The number of pyridine rings is 1. The molecule has 0 radical (unpaired) electrons. The number of carbonyl (C=O) groups is 1. The van der Waals surface area contributed by atoms with E-state index >= 15 is 0 Å². The lowest BCUT2D eigenvalue weighted by Crippen LogP contribution is -2.08. The highest BCUT2D eigenvalue weighted by molar-refractivity contribution is 5.91. The van der Waals surface area contributed by atoms with Gasteiger partial charge in [-0.3, -0.25) is 4.98 Å². The SMILES string of the molecule is CCc1ccc(C(=O)Oc2ccc(CCc3ccc(C#N)cc3)nc2)cc1. The van der Waals surface area contributed by atoms with Gasteiger partial charge in [0.2, 0.25) is 0 Å². The quantitative estimate of drug-likeness (QED) is 0.609. The van der Waals surface area contributed by atoms with Gasteiger partial charge in [0, 0.05) is 5.69 Å². The summed E-state index contributed by atoms with van der Waals surface area (Å²) in [5.74, 6) is 0.0477. The van der Waals surface area contributed by atoms with Crippen molar-refractivity contribution in [3.05, 3.63) is 94.8 Å². The van der Waals surface area contributed by atoms with Gasteiger partial charge in [-0.25, -0.2) is 4.79 Å². The molecular formula is C23H20N2O2. The molecule has 0 bridgehead atoms. The minimum Gasteiger partial charge on any atom is -0.421 e. The molecule has 0 amide bonds. The third-order valence-corrected chi connectivity index (χ3v) is 4.36. The predicted octanol–water partition coefficient (Wildman–Crippen LogP) is 4.52. The van der Waals surface area contributed by atoms with E-state index in [9.17, 15) is 4.79 Å². The van der Waals surface area contributed by atoms with Crippen LogP contribution in [0.3, 0.4) is 0 Å². The van der Waals surface area contributed by atoms with E-state index in [1.54, 1.807) is 24.4 Å². The summed E-state index contributed by atoms with van der Waals surface area (Å²) in [4.78, 5) is 16.6. The van der Waals surface area contributed by atoms with Crippen LogP contribution < -0.4 is 4.74 Å². The second-order valence-corrected chi connectivity index (χ2v) is 6.23. The summed E-state index contributed by atoms with van der Waals surface area (Å²) in [6.07, 6.45) is 4.12. The Hall–Kier alpha value is -3.45. The number of aromatic nitrogens is 1. The number of aryl methyl sites for hydroxylation is 3. The van der Waals surface area contributed by atoms with E-state index < -0.39 is 0 Å². The highest BCUT2D eigenvalue weighted by atomic mass is 16.5. The molecule has 0 fully saturated rings. The number of nitriles is 1. The van der Waals surface area contributed by atoms with Crippen LogP contribution in [0, 0.1) is 11.3 Å². The average molecular weight is 356 g/mol. The van der Waals surface area contributed by atoms with E-state index in [4.69, 9.17) is 10.00 Å². The lowest BCUT2D eigenvalue weighted by molar-refractivity contribution is 0.0734. The van der Waals surface area contributed by atoms with Crippen molar-refractivity contribution >= 4 is 5.97 Å². The Balaban J connectivity index is 1.56. The van der Waals surface area contributed by atoms with E-state index in [1.165, 1.54) is 5.56 Å². The van der Waals surface area contributed by atoms with Crippen LogP contribution in [0.1, 0.15) is 39.7 Å². The van der Waals surface area contributed by atoms with E-state index in [2.05, 4.69) is 18.0 Å². The normalized spacial score (nSPS) is 10.2. The number of carbonyl (C=O) groups excluding carboxylic acids is 1. The molecule has 4 nitrogen and oxygen atoms in total. The summed E-state index contributed by atoms with van der Waals surface area (Å²) in [7, 11) is 0. The average Bonchev–Trinajstić information content (AvgIpc) is 2.73. The molecule has 1 heterocycles. The number of hydrogen-bond donors (Lipinski definition) is 0. The number of esters is 1. The Morgan fingerprint density at radius 3 is 2.26 bits per heavy atom. The molecule has 3 aromatic rings. The third kappa shape index (κ3) is 5.02. The number of nitrogens with zero attached hydrogens (tertiary/aromatic N) is 2. The molecule has 27 heavy (non-hydrogen) atoms. The van der Waals surface area contributed by atoms with Crippen LogP contribution in [0.2, 0.25) is 0 Å². The summed E-state index contributed by atoms with van der Waals surface area (Å²) in [6.45, 7) is 2.07. The second-order valence-electron chi connectivity index (χ2n) is 6.23. The third-order valence-electron chi connectivity index (χ3n) is 4.36. The fraction of sp³-hybridized carbons (Fsp3) is 0.174. The first kappa shape index (κ1) is 18.3. The topological polar surface area (TPSA) is 63.0 Å². The van der Waals surface area contributed by atoms with Gasteiger partial charge in [0.25, 0.3) is 0 Å². The Morgan fingerprint density at radius 1 is 0.963 bits per heavy atom. The molecule has 0 saturated heterocycles. The van der Waals surface area contributed by atoms with Crippen LogP contribution in [0.4, 0.5) is 0 Å². The van der Waals surface area contributed by atoms with Gasteiger partial charge in [-0.2, -0.15) is 5.26 Å². The lowest BCUT2D eigenvalue weighted by Gasteiger charge is -2.06. The van der Waals surface area contributed by atoms with Gasteiger partial charge < -0.3 is 4.74 Å². The fourth-order valence-corrected chi connectivity index (χ4v) is 2.68. The monoisotopic (exact) mass is 356 g/mol. The number of benzene rings is 2. The van der Waals surface area contributed by atoms with Crippen molar-refractivity contribution in [2.45, 2.75) is 26.2 Å². The summed E-state index contributed by atoms with van der Waals surface area (Å²) < 4.78 is 5.39. The van der Waals surface area contributed by atoms with Crippen molar-refractivity contribution in [1.82, 2.24) is 4.98 Å². The van der Waals surface area contributed by atoms with Crippen molar-refractivity contribution in [3.8, 4) is 11.8 Å². The van der Waals surface area contributed by atoms with Crippen LogP contribution in [-0.4, -0.2) is 11.0 Å². The van der Waals surface area contributed by atoms with Crippen molar-refractivity contribution in [3.63, 3.8) is 0 Å². The maximum absolute atomic E-state index is 12.2. The number of rotatable bonds is 6. The van der Waals surface area contributed by atoms with Crippen molar-refractivity contribution in [1.29, 1.82) is 5.26 Å². The van der Waals surface area contributed by atoms with Gasteiger partial charge >= 0.3 is 5.97 Å². The highest BCUT2D eigenvalue weighted by Crippen LogP contribution is 2.14. The highest BCUT2D eigenvalue weighted by Gasteiger charge is 2.09. The first-order chi connectivity index (χ1) is 13.2. The van der Waals surface area contributed by atoms with Gasteiger partial charge in [0.05, 0.1) is 23.4 Å².